The second-order valence-corrected chi connectivity index (χ2v) is 5.26. The number of halogens is 3. The molecule has 0 amide bonds. The van der Waals surface area contributed by atoms with Crippen molar-refractivity contribution in [1.29, 1.82) is 0 Å². The van der Waals surface area contributed by atoms with Gasteiger partial charge in [-0.2, -0.15) is 13.2 Å². The first-order valence-corrected chi connectivity index (χ1v) is 7.33. The first-order valence-electron chi connectivity index (χ1n) is 7.33. The third-order valence-electron chi connectivity index (χ3n) is 3.57. The largest absolute Gasteiger partial charge is 0.416 e. The molecular formula is C16H17F3N4O2. The van der Waals surface area contributed by atoms with Gasteiger partial charge in [0.05, 0.1) is 17.9 Å². The van der Waals surface area contributed by atoms with E-state index in [1.807, 2.05) is 0 Å². The van der Waals surface area contributed by atoms with E-state index in [2.05, 4.69) is 15.4 Å². The third-order valence-corrected chi connectivity index (χ3v) is 3.57. The number of aromatic nitrogens is 2. The lowest BCUT2D eigenvalue weighted by atomic mass is 10.1. The summed E-state index contributed by atoms with van der Waals surface area (Å²) in [6, 6.07) is 4.67. The number of imidazole rings is 1. The lowest BCUT2D eigenvalue weighted by Gasteiger charge is -2.12. The summed E-state index contributed by atoms with van der Waals surface area (Å²) in [7, 11) is 1.56. The Morgan fingerprint density at radius 1 is 1.36 bits per heavy atom. The van der Waals surface area contributed by atoms with Gasteiger partial charge in [0.25, 0.3) is 0 Å². The number of aldehydes is 1. The normalized spacial score (nSPS) is 12.3. The fourth-order valence-corrected chi connectivity index (χ4v) is 2.22. The van der Waals surface area contributed by atoms with Crippen LogP contribution in [0.25, 0.3) is 0 Å². The third kappa shape index (κ3) is 4.24. The van der Waals surface area contributed by atoms with Crippen LogP contribution in [0.5, 0.6) is 0 Å². The maximum atomic E-state index is 12.6. The minimum absolute atomic E-state index is 0.132. The molecule has 0 spiro atoms. The number of rotatable bonds is 5. The monoisotopic (exact) mass is 354 g/mol. The molecule has 2 rings (SSSR count). The lowest BCUT2D eigenvalue weighted by Crippen LogP contribution is -2.24. The number of aliphatic hydroxyl groups excluding tert-OH is 1. The molecule has 1 aromatic heterocycles. The second-order valence-electron chi connectivity index (χ2n) is 5.26. The van der Waals surface area contributed by atoms with Gasteiger partial charge in [-0.25, -0.2) is 9.66 Å². The van der Waals surface area contributed by atoms with Gasteiger partial charge in [-0.1, -0.05) is 12.1 Å². The van der Waals surface area contributed by atoms with E-state index in [0.29, 0.717) is 23.5 Å². The highest BCUT2D eigenvalue weighted by Gasteiger charge is 2.30. The minimum atomic E-state index is -4.40. The number of benzene rings is 1. The smallest absolute Gasteiger partial charge is 0.390 e. The Hall–Kier alpha value is -2.68. The summed E-state index contributed by atoms with van der Waals surface area (Å²) >= 11 is 0. The van der Waals surface area contributed by atoms with E-state index in [0.717, 1.165) is 12.1 Å². The topological polar surface area (TPSA) is 79.5 Å². The molecule has 0 unspecified atom stereocenters. The summed E-state index contributed by atoms with van der Waals surface area (Å²) in [6.07, 6.45) is -3.68. The Balaban J connectivity index is 2.38. The van der Waals surface area contributed by atoms with Crippen molar-refractivity contribution in [2.24, 2.45) is 4.99 Å². The highest BCUT2D eigenvalue weighted by atomic mass is 19.4. The molecule has 0 saturated heterocycles. The van der Waals surface area contributed by atoms with Gasteiger partial charge in [0.1, 0.15) is 17.4 Å². The highest BCUT2D eigenvalue weighted by molar-refractivity contribution is 5.88. The van der Waals surface area contributed by atoms with Gasteiger partial charge >= 0.3 is 6.18 Å². The summed E-state index contributed by atoms with van der Waals surface area (Å²) in [6.45, 7) is 1.24. The van der Waals surface area contributed by atoms with Crippen molar-refractivity contribution in [3.63, 3.8) is 0 Å². The van der Waals surface area contributed by atoms with Crippen LogP contribution in [-0.2, 0) is 19.2 Å². The van der Waals surface area contributed by atoms with Gasteiger partial charge in [0.2, 0.25) is 0 Å². The molecule has 0 saturated carbocycles. The van der Waals surface area contributed by atoms with Crippen molar-refractivity contribution >= 4 is 12.1 Å². The van der Waals surface area contributed by atoms with Gasteiger partial charge in [-0.3, -0.25) is 15.2 Å². The minimum Gasteiger partial charge on any atom is -0.390 e. The molecule has 1 aromatic carbocycles. The molecule has 6 nitrogen and oxygen atoms in total. The van der Waals surface area contributed by atoms with Gasteiger partial charge in [0, 0.05) is 13.5 Å². The molecule has 25 heavy (non-hydrogen) atoms. The van der Waals surface area contributed by atoms with Crippen LogP contribution in [0.1, 0.15) is 40.1 Å². The number of aliphatic imine (C=N–C) groups is 1. The maximum absolute atomic E-state index is 12.6. The summed E-state index contributed by atoms with van der Waals surface area (Å²) in [5.74, 6) is 0.868. The van der Waals surface area contributed by atoms with Crippen LogP contribution in [-0.4, -0.2) is 33.9 Å². The van der Waals surface area contributed by atoms with E-state index in [4.69, 9.17) is 0 Å². The fourth-order valence-electron chi connectivity index (χ4n) is 2.22. The van der Waals surface area contributed by atoms with Crippen molar-refractivity contribution in [2.45, 2.75) is 26.1 Å². The molecule has 0 bridgehead atoms. The van der Waals surface area contributed by atoms with E-state index in [9.17, 15) is 23.1 Å². The van der Waals surface area contributed by atoms with E-state index >= 15 is 0 Å². The Bertz CT molecular complexity index is 780. The van der Waals surface area contributed by atoms with E-state index in [-0.39, 0.29) is 17.8 Å². The molecule has 0 aliphatic heterocycles. The number of nitrogens with one attached hydrogen (secondary N) is 1. The van der Waals surface area contributed by atoms with Crippen molar-refractivity contribution in [3.05, 3.63) is 52.6 Å². The number of carbonyl (C=O) groups excluding carboxylic acids is 1. The molecule has 9 heteroatoms. The Morgan fingerprint density at radius 3 is 2.48 bits per heavy atom. The average Bonchev–Trinajstić information content (AvgIpc) is 2.90. The van der Waals surface area contributed by atoms with Crippen LogP contribution in [0, 0.1) is 0 Å². The second kappa shape index (κ2) is 7.47. The van der Waals surface area contributed by atoms with Crippen LogP contribution >= 0.6 is 0 Å². The Morgan fingerprint density at radius 2 is 2.00 bits per heavy atom. The van der Waals surface area contributed by atoms with E-state index in [1.165, 1.54) is 16.8 Å². The summed E-state index contributed by atoms with van der Waals surface area (Å²) in [4.78, 5) is 19.5. The van der Waals surface area contributed by atoms with Crippen LogP contribution in [0.15, 0.2) is 29.3 Å². The first kappa shape index (κ1) is 18.7. The SMILES string of the molecule is CN=C(C)Nn1c(Cc2ccc(C(F)(F)F)cc2)nc(CO)c1C=O. The molecule has 0 radical (unpaired) electrons. The summed E-state index contributed by atoms with van der Waals surface area (Å²) in [5.41, 5.74) is 3.02. The molecule has 0 fully saturated rings. The average molecular weight is 354 g/mol. The van der Waals surface area contributed by atoms with E-state index < -0.39 is 18.3 Å². The summed E-state index contributed by atoms with van der Waals surface area (Å²) < 4.78 is 39.3. The number of nitrogens with zero attached hydrogens (tertiary/aromatic N) is 3. The molecule has 0 aliphatic rings. The van der Waals surface area contributed by atoms with Gasteiger partial charge in [-0.05, 0) is 24.6 Å². The number of hydrogen-bond donors (Lipinski definition) is 2. The van der Waals surface area contributed by atoms with Crippen molar-refractivity contribution < 1.29 is 23.1 Å². The number of carbonyl (C=O) groups is 1. The summed E-state index contributed by atoms with van der Waals surface area (Å²) in [5, 5.41) is 9.35. The van der Waals surface area contributed by atoms with E-state index in [1.54, 1.807) is 14.0 Å². The molecule has 0 aliphatic carbocycles. The quantitative estimate of drug-likeness (QED) is 0.491. The Labute approximate surface area is 142 Å². The van der Waals surface area contributed by atoms with Gasteiger partial charge in [0.15, 0.2) is 6.29 Å². The molecule has 134 valence electrons. The predicted octanol–water partition coefficient (Wildman–Crippen LogP) is 2.39. The number of alkyl halides is 3. The molecule has 2 aromatic rings. The maximum Gasteiger partial charge on any atom is 0.416 e. The number of amidine groups is 1. The zero-order valence-corrected chi connectivity index (χ0v) is 13.6. The molecular weight excluding hydrogens is 337 g/mol. The molecule has 1 heterocycles. The van der Waals surface area contributed by atoms with Crippen molar-refractivity contribution in [2.75, 3.05) is 12.5 Å². The standard InChI is InChI=1S/C16H17F3N4O2/c1-10(20-2)22-23-14(9-25)13(8-24)21-15(23)7-11-3-5-12(6-4-11)16(17,18)19/h3-6,9,24H,7-8H2,1-2H3,(H,20,22). The number of hydrogen-bond acceptors (Lipinski definition) is 4. The van der Waals surface area contributed by atoms with Crippen molar-refractivity contribution in [1.82, 2.24) is 9.66 Å². The van der Waals surface area contributed by atoms with Crippen LogP contribution in [0.3, 0.4) is 0 Å². The zero-order valence-electron chi connectivity index (χ0n) is 13.6. The van der Waals surface area contributed by atoms with Gasteiger partial charge < -0.3 is 5.11 Å². The molecule has 0 atom stereocenters. The molecule has 2 N–H and O–H groups in total. The van der Waals surface area contributed by atoms with Crippen LogP contribution < -0.4 is 5.43 Å². The number of aliphatic hydroxyl groups is 1. The predicted molar refractivity (Wildman–Crippen MR) is 86.2 cm³/mol. The highest BCUT2D eigenvalue weighted by Crippen LogP contribution is 2.29. The zero-order chi connectivity index (χ0) is 18.6. The lowest BCUT2D eigenvalue weighted by molar-refractivity contribution is -0.137. The van der Waals surface area contributed by atoms with Crippen LogP contribution in [0.2, 0.25) is 0 Å². The van der Waals surface area contributed by atoms with Gasteiger partial charge in [-0.15, -0.1) is 0 Å². The Kier molecular flexibility index (Phi) is 5.58. The van der Waals surface area contributed by atoms with Crippen molar-refractivity contribution in [3.8, 4) is 0 Å². The first-order chi connectivity index (χ1) is 11.8. The fraction of sp³-hybridized carbons (Fsp3) is 0.312. The van der Waals surface area contributed by atoms with Crippen LogP contribution in [0.4, 0.5) is 13.2 Å².